The Balaban J connectivity index is 2.29. The summed E-state index contributed by atoms with van der Waals surface area (Å²) in [4.78, 5) is 0. The second-order valence-corrected chi connectivity index (χ2v) is 3.19. The number of hydrogen-bond donors (Lipinski definition) is 0. The lowest BCUT2D eigenvalue weighted by molar-refractivity contribution is 0.602. The van der Waals surface area contributed by atoms with Crippen molar-refractivity contribution in [1.29, 1.82) is 0 Å². The minimum absolute atomic E-state index is 0.641. The normalized spacial score (nSPS) is 22.6. The van der Waals surface area contributed by atoms with Crippen molar-refractivity contribution in [2.75, 3.05) is 5.33 Å². The van der Waals surface area contributed by atoms with Crippen LogP contribution in [0.4, 0.5) is 0 Å². The quantitative estimate of drug-likeness (QED) is 0.457. The molecule has 1 aliphatic carbocycles. The summed E-state index contributed by atoms with van der Waals surface area (Å²) in [5, 5.41) is 1.16. The van der Waals surface area contributed by atoms with Gasteiger partial charge in [0.2, 0.25) is 0 Å². The van der Waals surface area contributed by atoms with E-state index in [9.17, 15) is 0 Å². The van der Waals surface area contributed by atoms with Crippen molar-refractivity contribution in [3.8, 4) is 0 Å². The highest BCUT2D eigenvalue weighted by Crippen LogP contribution is 2.50. The van der Waals surface area contributed by atoms with Crippen molar-refractivity contribution in [3.05, 3.63) is 12.7 Å². The third-order valence-corrected chi connectivity index (χ3v) is 3.01. The molecular weight excluding hydrogens is 164 g/mol. The lowest BCUT2D eigenvalue weighted by Gasteiger charge is -2.04. The Morgan fingerprint density at radius 1 is 1.62 bits per heavy atom. The maximum Gasteiger partial charge on any atom is 0.00909 e. The summed E-state index contributed by atoms with van der Waals surface area (Å²) in [5.41, 5.74) is 0.641. The van der Waals surface area contributed by atoms with E-state index in [1.165, 1.54) is 19.3 Å². The Bertz CT molecular complexity index is 92.6. The predicted molar refractivity (Wildman–Crippen MR) is 40.3 cm³/mol. The highest BCUT2D eigenvalue weighted by Gasteiger charge is 2.39. The van der Waals surface area contributed by atoms with Gasteiger partial charge in [-0.15, -0.1) is 6.58 Å². The molecule has 0 spiro atoms. The Morgan fingerprint density at radius 3 is 2.38 bits per heavy atom. The van der Waals surface area contributed by atoms with Crippen molar-refractivity contribution in [2.24, 2.45) is 5.41 Å². The molecule has 0 nitrogen and oxygen atoms in total. The van der Waals surface area contributed by atoms with Crippen LogP contribution < -0.4 is 0 Å². The fraction of sp³-hybridized carbons (Fsp3) is 0.714. The lowest BCUT2D eigenvalue weighted by atomic mass is 10.1. The molecule has 0 aromatic heterocycles. The maximum absolute atomic E-state index is 3.71. The Hall–Kier alpha value is 0.220. The first-order chi connectivity index (χ1) is 3.83. The molecular formula is C7H11Br. The van der Waals surface area contributed by atoms with Crippen molar-refractivity contribution in [3.63, 3.8) is 0 Å². The summed E-state index contributed by atoms with van der Waals surface area (Å²) in [6.07, 6.45) is 6.00. The van der Waals surface area contributed by atoms with E-state index >= 15 is 0 Å². The second kappa shape index (κ2) is 2.22. The molecule has 0 amide bonds. The summed E-state index contributed by atoms with van der Waals surface area (Å²) in [7, 11) is 0. The monoisotopic (exact) mass is 174 g/mol. The van der Waals surface area contributed by atoms with E-state index in [1.54, 1.807) is 0 Å². The maximum atomic E-state index is 3.71. The summed E-state index contributed by atoms with van der Waals surface area (Å²) < 4.78 is 0. The molecule has 1 heteroatoms. The van der Waals surface area contributed by atoms with Crippen LogP contribution in [0.1, 0.15) is 19.3 Å². The molecule has 1 rings (SSSR count). The summed E-state index contributed by atoms with van der Waals surface area (Å²) in [5.74, 6) is 0. The van der Waals surface area contributed by atoms with Crippen LogP contribution in [-0.2, 0) is 0 Å². The van der Waals surface area contributed by atoms with Gasteiger partial charge in [0.25, 0.3) is 0 Å². The van der Waals surface area contributed by atoms with E-state index in [-0.39, 0.29) is 0 Å². The fourth-order valence-corrected chi connectivity index (χ4v) is 1.66. The zero-order valence-electron chi connectivity index (χ0n) is 4.99. The number of rotatable bonds is 3. The van der Waals surface area contributed by atoms with E-state index < -0.39 is 0 Å². The van der Waals surface area contributed by atoms with Gasteiger partial charge < -0.3 is 0 Å². The molecule has 0 saturated heterocycles. The minimum Gasteiger partial charge on any atom is -0.103 e. The molecule has 0 bridgehead atoms. The van der Waals surface area contributed by atoms with Crippen LogP contribution >= 0.6 is 15.9 Å². The van der Waals surface area contributed by atoms with Crippen LogP contribution in [0.5, 0.6) is 0 Å². The number of allylic oxidation sites excluding steroid dienone is 1. The average Bonchev–Trinajstić information content (AvgIpc) is 2.50. The van der Waals surface area contributed by atoms with Gasteiger partial charge in [0.1, 0.15) is 0 Å². The van der Waals surface area contributed by atoms with E-state index in [1.807, 2.05) is 6.08 Å². The van der Waals surface area contributed by atoms with Crippen LogP contribution in [0.15, 0.2) is 12.7 Å². The van der Waals surface area contributed by atoms with E-state index in [2.05, 4.69) is 22.5 Å². The van der Waals surface area contributed by atoms with Gasteiger partial charge in [-0.3, -0.25) is 0 Å². The highest BCUT2D eigenvalue weighted by atomic mass is 79.9. The number of alkyl halides is 1. The predicted octanol–water partition coefficient (Wildman–Crippen LogP) is 2.74. The molecule has 0 aromatic carbocycles. The van der Waals surface area contributed by atoms with Crippen LogP contribution in [-0.4, -0.2) is 5.33 Å². The second-order valence-electron chi connectivity index (χ2n) is 2.63. The summed E-state index contributed by atoms with van der Waals surface area (Å²) in [6, 6.07) is 0. The van der Waals surface area contributed by atoms with Crippen LogP contribution in [0.2, 0.25) is 0 Å². The molecule has 46 valence electrons. The number of hydrogen-bond acceptors (Lipinski definition) is 0. The molecule has 1 aliphatic rings. The molecule has 8 heavy (non-hydrogen) atoms. The van der Waals surface area contributed by atoms with E-state index in [4.69, 9.17) is 0 Å². The van der Waals surface area contributed by atoms with Gasteiger partial charge in [0, 0.05) is 5.33 Å². The zero-order valence-corrected chi connectivity index (χ0v) is 6.58. The SMILES string of the molecule is C=CCC1(CBr)CC1. The first-order valence-corrected chi connectivity index (χ1v) is 4.12. The van der Waals surface area contributed by atoms with Crippen molar-refractivity contribution >= 4 is 15.9 Å². The van der Waals surface area contributed by atoms with Gasteiger partial charge in [-0.25, -0.2) is 0 Å². The molecule has 0 aliphatic heterocycles. The first kappa shape index (κ1) is 6.34. The average molecular weight is 175 g/mol. The van der Waals surface area contributed by atoms with Crippen LogP contribution in [0.3, 0.4) is 0 Å². The smallest absolute Gasteiger partial charge is 0.00909 e. The Morgan fingerprint density at radius 2 is 2.25 bits per heavy atom. The fourth-order valence-electron chi connectivity index (χ4n) is 0.875. The lowest BCUT2D eigenvalue weighted by Crippen LogP contribution is -1.97. The topological polar surface area (TPSA) is 0 Å². The summed E-state index contributed by atoms with van der Waals surface area (Å²) >= 11 is 3.49. The molecule has 1 fully saturated rings. The first-order valence-electron chi connectivity index (χ1n) is 3.00. The van der Waals surface area contributed by atoms with E-state index in [0.717, 1.165) is 5.33 Å². The minimum atomic E-state index is 0.641. The van der Waals surface area contributed by atoms with Crippen molar-refractivity contribution < 1.29 is 0 Å². The molecule has 0 radical (unpaired) electrons. The third kappa shape index (κ3) is 1.13. The Kier molecular flexibility index (Phi) is 1.76. The molecule has 0 atom stereocenters. The van der Waals surface area contributed by atoms with Crippen LogP contribution in [0.25, 0.3) is 0 Å². The molecule has 1 saturated carbocycles. The van der Waals surface area contributed by atoms with Gasteiger partial charge >= 0.3 is 0 Å². The van der Waals surface area contributed by atoms with Crippen molar-refractivity contribution in [1.82, 2.24) is 0 Å². The van der Waals surface area contributed by atoms with Gasteiger partial charge in [-0.05, 0) is 24.7 Å². The Labute approximate surface area is 59.1 Å². The molecule has 0 aromatic rings. The largest absolute Gasteiger partial charge is 0.103 e. The summed E-state index contributed by atoms with van der Waals surface area (Å²) in [6.45, 7) is 3.71. The van der Waals surface area contributed by atoms with Crippen molar-refractivity contribution in [2.45, 2.75) is 19.3 Å². The van der Waals surface area contributed by atoms with Gasteiger partial charge in [0.05, 0.1) is 0 Å². The van der Waals surface area contributed by atoms with E-state index in [0.29, 0.717) is 5.41 Å². The molecule has 0 N–H and O–H groups in total. The van der Waals surface area contributed by atoms with Gasteiger partial charge in [0.15, 0.2) is 0 Å². The number of halogens is 1. The standard InChI is InChI=1S/C7H11Br/c1-2-3-7(6-8)4-5-7/h2H,1,3-6H2. The third-order valence-electron chi connectivity index (χ3n) is 1.82. The van der Waals surface area contributed by atoms with Gasteiger partial charge in [-0.2, -0.15) is 0 Å². The van der Waals surface area contributed by atoms with Crippen LogP contribution in [0, 0.1) is 5.41 Å². The zero-order chi connectivity index (χ0) is 6.04. The highest BCUT2D eigenvalue weighted by molar-refractivity contribution is 9.09. The molecule has 0 heterocycles. The molecule has 0 unspecified atom stereocenters. The van der Waals surface area contributed by atoms with Gasteiger partial charge in [-0.1, -0.05) is 22.0 Å².